The van der Waals surface area contributed by atoms with E-state index in [1.807, 2.05) is 18.7 Å². The van der Waals surface area contributed by atoms with Crippen LogP contribution in [-0.4, -0.2) is 42.7 Å². The van der Waals surface area contributed by atoms with Gasteiger partial charge in [-0.1, -0.05) is 0 Å². The maximum atomic E-state index is 13.3. The first-order valence-electron chi connectivity index (χ1n) is 5.14. The van der Waals surface area contributed by atoms with Crippen molar-refractivity contribution < 1.29 is 13.5 Å². The molecule has 0 bridgehead atoms. The number of halogens is 2. The molecule has 0 radical (unpaired) electrons. The van der Waals surface area contributed by atoms with Crippen LogP contribution in [0.1, 0.15) is 27.2 Å². The topological polar surface area (TPSA) is 12.5 Å². The van der Waals surface area contributed by atoms with Crippen molar-refractivity contribution in [1.82, 2.24) is 4.90 Å². The Hall–Kier alpha value is -0.220. The molecular weight excluding hydrogens is 188 g/mol. The summed E-state index contributed by atoms with van der Waals surface area (Å²) in [5.74, 6) is -2.69. The molecule has 1 aliphatic heterocycles. The summed E-state index contributed by atoms with van der Waals surface area (Å²) < 4.78 is 31.7. The maximum absolute atomic E-state index is 13.3. The van der Waals surface area contributed by atoms with Crippen molar-refractivity contribution in [3.8, 4) is 0 Å². The highest BCUT2D eigenvalue weighted by Crippen LogP contribution is 2.26. The monoisotopic (exact) mass is 207 g/mol. The van der Waals surface area contributed by atoms with Gasteiger partial charge in [-0.05, 0) is 20.3 Å². The Kier molecular flexibility index (Phi) is 3.84. The van der Waals surface area contributed by atoms with Crippen LogP contribution in [0.25, 0.3) is 0 Å². The third kappa shape index (κ3) is 2.89. The molecule has 1 heterocycles. The maximum Gasteiger partial charge on any atom is 0.262 e. The molecule has 2 nitrogen and oxygen atoms in total. The van der Waals surface area contributed by atoms with E-state index < -0.39 is 12.0 Å². The first-order valence-corrected chi connectivity index (χ1v) is 5.14. The summed E-state index contributed by atoms with van der Waals surface area (Å²) in [6.45, 7) is 6.30. The minimum Gasteiger partial charge on any atom is -0.380 e. The molecule has 0 spiro atoms. The molecule has 0 aromatic heterocycles. The summed E-state index contributed by atoms with van der Waals surface area (Å²) >= 11 is 0. The van der Waals surface area contributed by atoms with Gasteiger partial charge in [-0.15, -0.1) is 0 Å². The quantitative estimate of drug-likeness (QED) is 0.688. The zero-order chi connectivity index (χ0) is 10.8. The second-order valence-corrected chi connectivity index (χ2v) is 4.23. The van der Waals surface area contributed by atoms with E-state index in [-0.39, 0.29) is 12.6 Å². The highest BCUT2D eigenvalue weighted by atomic mass is 19.3. The summed E-state index contributed by atoms with van der Waals surface area (Å²) in [5, 5.41) is 0. The molecule has 14 heavy (non-hydrogen) atoms. The van der Waals surface area contributed by atoms with Crippen LogP contribution in [0.2, 0.25) is 0 Å². The Labute approximate surface area is 84.2 Å². The van der Waals surface area contributed by atoms with Crippen molar-refractivity contribution in [3.05, 3.63) is 0 Å². The number of alkyl halides is 2. The third-order valence-corrected chi connectivity index (χ3v) is 2.63. The fourth-order valence-electron chi connectivity index (χ4n) is 1.85. The average Bonchev–Trinajstić information content (AvgIpc) is 2.26. The predicted molar refractivity (Wildman–Crippen MR) is 51.7 cm³/mol. The van der Waals surface area contributed by atoms with E-state index in [0.717, 1.165) is 13.3 Å². The summed E-state index contributed by atoms with van der Waals surface area (Å²) in [7, 11) is 0. The SMILES string of the molecule is CC(C)N1CCCOCC1C(C)(F)F. The number of hydrogen-bond donors (Lipinski definition) is 0. The van der Waals surface area contributed by atoms with E-state index in [9.17, 15) is 8.78 Å². The van der Waals surface area contributed by atoms with Crippen molar-refractivity contribution in [2.45, 2.75) is 45.2 Å². The molecule has 1 atom stereocenters. The molecule has 0 saturated carbocycles. The molecule has 0 N–H and O–H groups in total. The normalized spacial score (nSPS) is 26.6. The zero-order valence-corrected chi connectivity index (χ0v) is 9.09. The third-order valence-electron chi connectivity index (χ3n) is 2.63. The van der Waals surface area contributed by atoms with Crippen LogP contribution in [0.3, 0.4) is 0 Å². The lowest BCUT2D eigenvalue weighted by Gasteiger charge is -2.35. The summed E-state index contributed by atoms with van der Waals surface area (Å²) in [6.07, 6.45) is 0.838. The van der Waals surface area contributed by atoms with Crippen molar-refractivity contribution in [1.29, 1.82) is 0 Å². The lowest BCUT2D eigenvalue weighted by Crippen LogP contribution is -2.51. The summed E-state index contributed by atoms with van der Waals surface area (Å²) in [5.41, 5.74) is 0. The lowest BCUT2D eigenvalue weighted by molar-refractivity contribution is -0.0911. The van der Waals surface area contributed by atoms with Crippen LogP contribution in [0.15, 0.2) is 0 Å². The molecule has 0 aromatic carbocycles. The van der Waals surface area contributed by atoms with Crippen LogP contribution in [0.5, 0.6) is 0 Å². The second-order valence-electron chi connectivity index (χ2n) is 4.23. The van der Waals surface area contributed by atoms with Crippen LogP contribution >= 0.6 is 0 Å². The molecule has 84 valence electrons. The first-order chi connectivity index (χ1) is 6.43. The number of rotatable bonds is 2. The molecule has 1 saturated heterocycles. The Morgan fingerprint density at radius 2 is 2.07 bits per heavy atom. The van der Waals surface area contributed by atoms with E-state index in [1.165, 1.54) is 0 Å². The van der Waals surface area contributed by atoms with Gasteiger partial charge in [-0.2, -0.15) is 0 Å². The van der Waals surface area contributed by atoms with E-state index in [1.54, 1.807) is 0 Å². The van der Waals surface area contributed by atoms with Crippen LogP contribution in [0, 0.1) is 0 Å². The molecule has 0 aromatic rings. The molecule has 4 heteroatoms. The highest BCUT2D eigenvalue weighted by Gasteiger charge is 2.40. The smallest absolute Gasteiger partial charge is 0.262 e. The fourth-order valence-corrected chi connectivity index (χ4v) is 1.85. The molecular formula is C10H19F2NO. The molecule has 1 fully saturated rings. The van der Waals surface area contributed by atoms with Crippen molar-refractivity contribution in [3.63, 3.8) is 0 Å². The standard InChI is InChI=1S/C10H19F2NO/c1-8(2)13-5-4-6-14-7-9(13)10(3,11)12/h8-9H,4-7H2,1-3H3. The van der Waals surface area contributed by atoms with Gasteiger partial charge in [-0.3, -0.25) is 4.90 Å². The van der Waals surface area contributed by atoms with Crippen molar-refractivity contribution in [2.24, 2.45) is 0 Å². The van der Waals surface area contributed by atoms with E-state index in [2.05, 4.69) is 0 Å². The summed E-state index contributed by atoms with van der Waals surface area (Å²) in [4.78, 5) is 1.84. The minimum absolute atomic E-state index is 0.141. The van der Waals surface area contributed by atoms with Gasteiger partial charge >= 0.3 is 0 Å². The van der Waals surface area contributed by atoms with Gasteiger partial charge in [-0.25, -0.2) is 8.78 Å². The van der Waals surface area contributed by atoms with E-state index in [0.29, 0.717) is 13.2 Å². The van der Waals surface area contributed by atoms with E-state index in [4.69, 9.17) is 4.74 Å². The molecule has 0 aliphatic carbocycles. The highest BCUT2D eigenvalue weighted by molar-refractivity contribution is 4.85. The number of nitrogens with zero attached hydrogens (tertiary/aromatic N) is 1. The average molecular weight is 207 g/mol. The first kappa shape index (κ1) is 11.9. The Morgan fingerprint density at radius 1 is 1.43 bits per heavy atom. The molecule has 0 amide bonds. The largest absolute Gasteiger partial charge is 0.380 e. The predicted octanol–water partition coefficient (Wildman–Crippen LogP) is 2.14. The van der Waals surface area contributed by atoms with Crippen LogP contribution in [0.4, 0.5) is 8.78 Å². The minimum atomic E-state index is -2.69. The van der Waals surface area contributed by atoms with E-state index >= 15 is 0 Å². The molecule has 1 aliphatic rings. The van der Waals surface area contributed by atoms with Gasteiger partial charge in [0.25, 0.3) is 5.92 Å². The second kappa shape index (κ2) is 4.53. The van der Waals surface area contributed by atoms with Gasteiger partial charge < -0.3 is 4.74 Å². The number of hydrogen-bond acceptors (Lipinski definition) is 2. The van der Waals surface area contributed by atoms with Crippen LogP contribution in [-0.2, 0) is 4.74 Å². The molecule has 1 unspecified atom stereocenters. The van der Waals surface area contributed by atoms with Crippen LogP contribution < -0.4 is 0 Å². The Balaban J connectivity index is 2.74. The molecule has 1 rings (SSSR count). The van der Waals surface area contributed by atoms with Gasteiger partial charge in [0.15, 0.2) is 0 Å². The Bertz CT molecular complexity index is 179. The summed E-state index contributed by atoms with van der Waals surface area (Å²) in [6, 6.07) is -0.627. The number of ether oxygens (including phenoxy) is 1. The van der Waals surface area contributed by atoms with Gasteiger partial charge in [0, 0.05) is 26.1 Å². The van der Waals surface area contributed by atoms with Gasteiger partial charge in [0.05, 0.1) is 12.6 Å². The van der Waals surface area contributed by atoms with Gasteiger partial charge in [0.2, 0.25) is 0 Å². The zero-order valence-electron chi connectivity index (χ0n) is 9.09. The fraction of sp³-hybridized carbons (Fsp3) is 1.00. The van der Waals surface area contributed by atoms with Crippen molar-refractivity contribution in [2.75, 3.05) is 19.8 Å². The van der Waals surface area contributed by atoms with Crippen molar-refractivity contribution >= 4 is 0 Å². The Morgan fingerprint density at radius 3 is 2.57 bits per heavy atom. The lowest BCUT2D eigenvalue weighted by atomic mass is 10.1. The van der Waals surface area contributed by atoms with Gasteiger partial charge in [0.1, 0.15) is 0 Å².